The molecule has 0 aromatic carbocycles. The van der Waals surface area contributed by atoms with E-state index in [9.17, 15) is 9.90 Å². The van der Waals surface area contributed by atoms with Crippen LogP contribution in [0.4, 0.5) is 5.82 Å². The van der Waals surface area contributed by atoms with Crippen LogP contribution in [0.1, 0.15) is 17.3 Å². The summed E-state index contributed by atoms with van der Waals surface area (Å²) in [5, 5.41) is 9.28. The molecule has 1 fully saturated rings. The molecule has 1 aliphatic heterocycles. The number of carboxylic acid groups (broad SMARTS) is 1. The molecule has 2 aromatic rings. The minimum absolute atomic E-state index is 0.146. The number of aliphatic carboxylic acids is 1. The number of methoxy groups -OCH3 is 1. The first-order chi connectivity index (χ1) is 11.2. The van der Waals surface area contributed by atoms with Gasteiger partial charge in [-0.3, -0.25) is 4.57 Å². The van der Waals surface area contributed by atoms with Gasteiger partial charge >= 0.3 is 5.97 Å². The first-order valence-corrected chi connectivity index (χ1v) is 6.18. The number of nitrogens with two attached hydrogens (primary N) is 1. The Balaban J connectivity index is 2.05. The third-order valence-corrected chi connectivity index (χ3v) is 3.60. The van der Waals surface area contributed by atoms with Crippen LogP contribution in [0.5, 0.6) is 0 Å². The lowest BCUT2D eigenvalue weighted by Crippen LogP contribution is -2.29. The van der Waals surface area contributed by atoms with E-state index < -0.39 is 37.4 Å². The summed E-state index contributed by atoms with van der Waals surface area (Å²) >= 11 is 0. The summed E-state index contributed by atoms with van der Waals surface area (Å²) in [5.74, 6) is -1.76. The summed E-state index contributed by atoms with van der Waals surface area (Å²) in [6.07, 6.45) is -0.720. The topological polar surface area (TPSA) is 125 Å². The maximum atomic E-state index is 11.4. The highest BCUT2D eigenvalue weighted by Crippen LogP contribution is 2.37. The van der Waals surface area contributed by atoms with E-state index in [1.165, 1.54) is 17.2 Å². The molecule has 0 amide bonds. The van der Waals surface area contributed by atoms with E-state index in [-0.39, 0.29) is 5.82 Å². The third kappa shape index (κ3) is 2.01. The molecule has 3 N–H and O–H groups in total. The van der Waals surface area contributed by atoms with E-state index in [1.807, 2.05) is 0 Å². The lowest BCUT2D eigenvalue weighted by atomic mass is 10.0. The molecule has 2 aromatic heterocycles. The number of hydrogen-bond acceptors (Lipinski definition) is 7. The number of rotatable bonds is 3. The maximum Gasteiger partial charge on any atom is 0.333 e. The van der Waals surface area contributed by atoms with Gasteiger partial charge < -0.3 is 20.3 Å². The Bertz CT molecular complexity index is 780. The number of hydrogen-bond donors (Lipinski definition) is 2. The summed E-state index contributed by atoms with van der Waals surface area (Å²) < 4.78 is 34.0. The van der Waals surface area contributed by atoms with Crippen molar-refractivity contribution in [2.45, 2.75) is 25.4 Å². The van der Waals surface area contributed by atoms with E-state index in [0.717, 1.165) is 0 Å². The Kier molecular flexibility index (Phi) is 2.46. The molecule has 3 rings (SSSR count). The van der Waals surface area contributed by atoms with Gasteiger partial charge in [-0.1, -0.05) is 6.92 Å². The van der Waals surface area contributed by atoms with Crippen LogP contribution in [0, 0.1) is 5.92 Å². The highest BCUT2D eigenvalue weighted by Gasteiger charge is 2.47. The number of imidazole rings is 1. The van der Waals surface area contributed by atoms with Crippen LogP contribution in [-0.4, -0.2) is 49.8 Å². The molecule has 0 bridgehead atoms. The molecule has 112 valence electrons. The van der Waals surface area contributed by atoms with Gasteiger partial charge in [-0.05, 0) is 0 Å². The van der Waals surface area contributed by atoms with Crippen LogP contribution >= 0.6 is 0 Å². The molecule has 3 heterocycles. The summed E-state index contributed by atoms with van der Waals surface area (Å²) in [6, 6.07) is 0. The van der Waals surface area contributed by atoms with Gasteiger partial charge in [0.25, 0.3) is 0 Å². The van der Waals surface area contributed by atoms with Gasteiger partial charge in [0.15, 0.2) is 23.8 Å². The first kappa shape index (κ1) is 10.5. The fourth-order valence-corrected chi connectivity index (χ4v) is 2.51. The molecule has 1 saturated heterocycles. The van der Waals surface area contributed by atoms with Crippen molar-refractivity contribution in [3.63, 3.8) is 0 Å². The second-order valence-electron chi connectivity index (χ2n) is 4.81. The molecule has 0 unspecified atom stereocenters. The molecule has 0 aliphatic carbocycles. The molecule has 0 radical (unpaired) electrons. The summed E-state index contributed by atoms with van der Waals surface area (Å²) in [6.45, 7) is 1.55. The van der Waals surface area contributed by atoms with Gasteiger partial charge in [0, 0.05) is 13.0 Å². The zero-order valence-electron chi connectivity index (χ0n) is 14.0. The highest BCUT2D eigenvalue weighted by atomic mass is 16.6. The van der Waals surface area contributed by atoms with E-state index in [2.05, 4.69) is 15.0 Å². The van der Waals surface area contributed by atoms with Crippen molar-refractivity contribution in [2.24, 2.45) is 5.92 Å². The first-order valence-electron chi connectivity index (χ1n) is 7.68. The predicted molar refractivity (Wildman–Crippen MR) is 71.2 cm³/mol. The summed E-state index contributed by atoms with van der Waals surface area (Å²) in [5.41, 5.74) is 6.33. The molecule has 9 heteroatoms. The molecule has 0 spiro atoms. The highest BCUT2D eigenvalue weighted by molar-refractivity contribution is 5.81. The minimum atomic E-state index is -2.71. The lowest BCUT2D eigenvalue weighted by molar-refractivity contribution is -0.153. The van der Waals surface area contributed by atoms with Gasteiger partial charge in [0.05, 0.1) is 10.4 Å². The fourth-order valence-electron chi connectivity index (χ4n) is 2.51. The quantitative estimate of drug-likeness (QED) is 0.813. The van der Waals surface area contributed by atoms with Crippen LogP contribution < -0.4 is 5.73 Å². The standard InChI is InChI=1S/C12H15N5O4/c1-5-7(20-2)11(21-8(5)12(18)19)17-4-16-6-9(13)14-3-15-10(6)17/h3-5,7-8,11H,1-2H3,(H,18,19)(H2,13,14,15)/t5-,7+,8-,11+/m0/s1/i2D3. The average molecular weight is 296 g/mol. The minimum Gasteiger partial charge on any atom is -0.479 e. The molecule has 9 nitrogen and oxygen atoms in total. The van der Waals surface area contributed by atoms with Crippen molar-refractivity contribution in [3.05, 3.63) is 12.7 Å². The Labute approximate surface area is 123 Å². The van der Waals surface area contributed by atoms with Crippen molar-refractivity contribution < 1.29 is 23.5 Å². The van der Waals surface area contributed by atoms with Gasteiger partial charge in [-0.15, -0.1) is 0 Å². The third-order valence-electron chi connectivity index (χ3n) is 3.60. The van der Waals surface area contributed by atoms with Gasteiger partial charge in [0.2, 0.25) is 0 Å². The SMILES string of the molecule is [2H]C([2H])([2H])O[C@@H]1[C@H](C)[C@@H](C(=O)O)O[C@H]1n1cnc2c(N)ncnc21. The van der Waals surface area contributed by atoms with Crippen LogP contribution in [0.2, 0.25) is 0 Å². The van der Waals surface area contributed by atoms with Gasteiger partial charge in [-0.25, -0.2) is 19.7 Å². The van der Waals surface area contributed by atoms with Crippen molar-refractivity contribution in [1.29, 1.82) is 0 Å². The number of ether oxygens (including phenoxy) is 2. The van der Waals surface area contributed by atoms with Crippen LogP contribution in [0.25, 0.3) is 11.2 Å². The number of carboxylic acids is 1. The second kappa shape index (κ2) is 4.93. The van der Waals surface area contributed by atoms with E-state index in [0.29, 0.717) is 11.2 Å². The maximum absolute atomic E-state index is 11.4. The Hall–Kier alpha value is -2.26. The number of anilines is 1. The zero-order chi connectivity index (χ0) is 17.6. The smallest absolute Gasteiger partial charge is 0.333 e. The predicted octanol–water partition coefficient (Wildman–Crippen LogP) is 0.0416. The molecular formula is C12H15N5O4. The Morgan fingerprint density at radius 1 is 1.57 bits per heavy atom. The van der Waals surface area contributed by atoms with Crippen LogP contribution in [0.3, 0.4) is 0 Å². The normalized spacial score (nSPS) is 31.8. The van der Waals surface area contributed by atoms with Crippen LogP contribution in [-0.2, 0) is 14.3 Å². The van der Waals surface area contributed by atoms with Crippen molar-refractivity contribution in [1.82, 2.24) is 19.5 Å². The number of nitrogens with zero attached hydrogens (tertiary/aromatic N) is 4. The van der Waals surface area contributed by atoms with Crippen molar-refractivity contribution in [2.75, 3.05) is 12.8 Å². The fraction of sp³-hybridized carbons (Fsp3) is 0.500. The lowest BCUT2D eigenvalue weighted by Gasteiger charge is -2.20. The molecule has 1 aliphatic rings. The second-order valence-corrected chi connectivity index (χ2v) is 4.81. The number of carbonyl (C=O) groups is 1. The number of aromatic nitrogens is 4. The number of fused-ring (bicyclic) bond motifs is 1. The average Bonchev–Trinajstić information content (AvgIpc) is 3.01. The Morgan fingerprint density at radius 2 is 2.38 bits per heavy atom. The van der Waals surface area contributed by atoms with Crippen molar-refractivity contribution in [3.8, 4) is 0 Å². The van der Waals surface area contributed by atoms with Gasteiger partial charge in [-0.2, -0.15) is 0 Å². The number of nitrogen functional groups attached to an aromatic ring is 1. The monoisotopic (exact) mass is 296 g/mol. The van der Waals surface area contributed by atoms with E-state index in [1.54, 1.807) is 6.92 Å². The summed E-state index contributed by atoms with van der Waals surface area (Å²) in [7, 11) is -2.71. The molecular weight excluding hydrogens is 278 g/mol. The van der Waals surface area contributed by atoms with Gasteiger partial charge in [0.1, 0.15) is 17.9 Å². The molecule has 4 atom stereocenters. The zero-order valence-corrected chi connectivity index (χ0v) is 11.0. The molecule has 0 saturated carbocycles. The Morgan fingerprint density at radius 3 is 3.10 bits per heavy atom. The molecule has 21 heavy (non-hydrogen) atoms. The summed E-state index contributed by atoms with van der Waals surface area (Å²) in [4.78, 5) is 23.3. The van der Waals surface area contributed by atoms with Crippen molar-refractivity contribution >= 4 is 23.0 Å². The van der Waals surface area contributed by atoms with Crippen LogP contribution in [0.15, 0.2) is 12.7 Å². The van der Waals surface area contributed by atoms with E-state index in [4.69, 9.17) is 19.3 Å². The largest absolute Gasteiger partial charge is 0.479 e. The van der Waals surface area contributed by atoms with E-state index >= 15 is 0 Å².